The van der Waals surface area contributed by atoms with Crippen molar-refractivity contribution >= 4 is 12.0 Å². The van der Waals surface area contributed by atoms with Gasteiger partial charge in [-0.25, -0.2) is 9.59 Å². The zero-order valence-electron chi connectivity index (χ0n) is 9.56. The molecular weight excluding hydrogens is 210 g/mol. The van der Waals surface area contributed by atoms with E-state index in [4.69, 9.17) is 10.4 Å². The van der Waals surface area contributed by atoms with E-state index in [2.05, 4.69) is 5.32 Å². The summed E-state index contributed by atoms with van der Waals surface area (Å²) in [4.78, 5) is 23.7. The lowest BCUT2D eigenvalue weighted by Crippen LogP contribution is -2.47. The van der Waals surface area contributed by atoms with Crippen molar-refractivity contribution in [3.63, 3.8) is 0 Å². The number of nitrogens with one attached hydrogen (secondary N) is 1. The number of amides is 2. The van der Waals surface area contributed by atoms with Crippen LogP contribution in [0.15, 0.2) is 0 Å². The van der Waals surface area contributed by atoms with E-state index < -0.39 is 18.0 Å². The molecule has 2 N–H and O–H groups in total. The largest absolute Gasteiger partial charge is 0.480 e. The smallest absolute Gasteiger partial charge is 0.326 e. The van der Waals surface area contributed by atoms with Crippen molar-refractivity contribution in [3.8, 4) is 6.07 Å². The van der Waals surface area contributed by atoms with E-state index in [0.29, 0.717) is 19.5 Å². The number of rotatable bonds is 6. The Balaban J connectivity index is 4.29. The van der Waals surface area contributed by atoms with Crippen LogP contribution in [0.4, 0.5) is 4.79 Å². The number of hydrogen-bond donors (Lipinski definition) is 2. The summed E-state index contributed by atoms with van der Waals surface area (Å²) >= 11 is 0. The van der Waals surface area contributed by atoms with Crippen molar-refractivity contribution in [1.82, 2.24) is 10.2 Å². The molecule has 0 saturated carbocycles. The van der Waals surface area contributed by atoms with Gasteiger partial charge in [0.15, 0.2) is 0 Å². The molecule has 0 bridgehead atoms. The van der Waals surface area contributed by atoms with Gasteiger partial charge in [-0.15, -0.1) is 0 Å². The third-order valence-corrected chi connectivity index (χ3v) is 2.17. The van der Waals surface area contributed by atoms with Crippen LogP contribution in [-0.2, 0) is 4.79 Å². The first-order chi connectivity index (χ1) is 7.56. The molecule has 0 radical (unpaired) electrons. The molecule has 0 aliphatic rings. The fourth-order valence-electron chi connectivity index (χ4n) is 1.17. The van der Waals surface area contributed by atoms with Crippen LogP contribution in [-0.4, -0.2) is 41.1 Å². The molecule has 0 spiro atoms. The first-order valence-corrected chi connectivity index (χ1v) is 5.21. The zero-order valence-corrected chi connectivity index (χ0v) is 9.56. The topological polar surface area (TPSA) is 93.4 Å². The Hall–Kier alpha value is -1.77. The molecule has 0 saturated heterocycles. The van der Waals surface area contributed by atoms with Gasteiger partial charge in [-0.05, 0) is 13.3 Å². The van der Waals surface area contributed by atoms with Gasteiger partial charge in [-0.3, -0.25) is 0 Å². The van der Waals surface area contributed by atoms with Gasteiger partial charge in [0, 0.05) is 13.1 Å². The van der Waals surface area contributed by atoms with E-state index in [1.807, 2.05) is 6.07 Å². The summed E-state index contributed by atoms with van der Waals surface area (Å²) in [6.07, 6.45) is 0.571. The van der Waals surface area contributed by atoms with Crippen LogP contribution in [0.1, 0.15) is 26.7 Å². The maximum absolute atomic E-state index is 11.6. The Bertz CT molecular complexity index is 286. The highest BCUT2D eigenvalue weighted by Gasteiger charge is 2.20. The predicted molar refractivity (Wildman–Crippen MR) is 57.7 cm³/mol. The Kier molecular flexibility index (Phi) is 6.68. The van der Waals surface area contributed by atoms with Crippen LogP contribution in [0.5, 0.6) is 0 Å². The fourth-order valence-corrected chi connectivity index (χ4v) is 1.17. The first-order valence-electron chi connectivity index (χ1n) is 5.21. The number of carboxylic acid groups (broad SMARTS) is 1. The molecule has 0 fully saturated rings. The Morgan fingerprint density at radius 2 is 2.12 bits per heavy atom. The molecule has 0 aliphatic heterocycles. The van der Waals surface area contributed by atoms with Gasteiger partial charge in [0.25, 0.3) is 0 Å². The van der Waals surface area contributed by atoms with Crippen molar-refractivity contribution in [3.05, 3.63) is 0 Å². The monoisotopic (exact) mass is 227 g/mol. The number of carboxylic acids is 1. The van der Waals surface area contributed by atoms with E-state index in [1.165, 1.54) is 4.90 Å². The van der Waals surface area contributed by atoms with Crippen LogP contribution in [0, 0.1) is 11.3 Å². The van der Waals surface area contributed by atoms with E-state index >= 15 is 0 Å². The normalized spacial score (nSPS) is 11.3. The molecule has 6 nitrogen and oxygen atoms in total. The molecule has 0 aromatic carbocycles. The Morgan fingerprint density at radius 1 is 1.50 bits per heavy atom. The van der Waals surface area contributed by atoms with Crippen molar-refractivity contribution in [2.45, 2.75) is 32.7 Å². The lowest BCUT2D eigenvalue weighted by molar-refractivity contribution is -0.139. The van der Waals surface area contributed by atoms with Gasteiger partial charge in [0.2, 0.25) is 0 Å². The minimum atomic E-state index is -1.05. The molecule has 6 heteroatoms. The van der Waals surface area contributed by atoms with Gasteiger partial charge in [-0.2, -0.15) is 5.26 Å². The number of aliphatic carboxylic acids is 1. The number of nitriles is 1. The van der Waals surface area contributed by atoms with Crippen molar-refractivity contribution in [2.75, 3.05) is 13.1 Å². The minimum absolute atomic E-state index is 0.241. The predicted octanol–water partition coefficient (Wildman–Crippen LogP) is 0.795. The third kappa shape index (κ3) is 4.64. The molecule has 16 heavy (non-hydrogen) atoms. The van der Waals surface area contributed by atoms with Crippen LogP contribution >= 0.6 is 0 Å². The van der Waals surface area contributed by atoms with Crippen LogP contribution in [0.2, 0.25) is 0 Å². The lowest BCUT2D eigenvalue weighted by atomic mass is 10.2. The second-order valence-electron chi connectivity index (χ2n) is 3.24. The molecule has 0 aliphatic carbocycles. The Labute approximate surface area is 94.8 Å². The number of nitrogens with zero attached hydrogens (tertiary/aromatic N) is 2. The number of hydrogen-bond acceptors (Lipinski definition) is 3. The number of urea groups is 1. The third-order valence-electron chi connectivity index (χ3n) is 2.17. The summed E-state index contributed by atoms with van der Waals surface area (Å²) in [6.45, 7) is 4.22. The number of carbonyl (C=O) groups excluding carboxylic acids is 1. The maximum Gasteiger partial charge on any atom is 0.326 e. The summed E-state index contributed by atoms with van der Waals surface area (Å²) in [6, 6.07) is 0.630. The van der Waals surface area contributed by atoms with Crippen molar-refractivity contribution < 1.29 is 14.7 Å². The highest BCUT2D eigenvalue weighted by Crippen LogP contribution is 1.96. The highest BCUT2D eigenvalue weighted by molar-refractivity contribution is 5.82. The summed E-state index contributed by atoms with van der Waals surface area (Å²) < 4.78 is 0. The van der Waals surface area contributed by atoms with Gasteiger partial charge in [0.05, 0.1) is 12.5 Å². The maximum atomic E-state index is 11.6. The fraction of sp³-hybridized carbons (Fsp3) is 0.700. The molecule has 0 aromatic rings. The summed E-state index contributed by atoms with van der Waals surface area (Å²) in [5, 5.41) is 19.6. The Morgan fingerprint density at radius 3 is 2.50 bits per heavy atom. The van der Waals surface area contributed by atoms with Crippen LogP contribution in [0.25, 0.3) is 0 Å². The molecular formula is C10H17N3O3. The zero-order chi connectivity index (χ0) is 12.6. The summed E-state index contributed by atoms with van der Waals surface area (Å²) in [7, 11) is 0. The van der Waals surface area contributed by atoms with E-state index in [-0.39, 0.29) is 6.42 Å². The molecule has 1 atom stereocenters. The molecule has 2 amide bonds. The second kappa shape index (κ2) is 7.51. The minimum Gasteiger partial charge on any atom is -0.480 e. The van der Waals surface area contributed by atoms with Gasteiger partial charge in [-0.1, -0.05) is 6.92 Å². The average molecular weight is 227 g/mol. The molecule has 0 unspecified atom stereocenters. The van der Waals surface area contributed by atoms with Crippen molar-refractivity contribution in [1.29, 1.82) is 5.26 Å². The highest BCUT2D eigenvalue weighted by atomic mass is 16.4. The SMILES string of the molecule is CC[C@@H](NC(=O)N(CC)CCC#N)C(=O)O. The second-order valence-corrected chi connectivity index (χ2v) is 3.24. The van der Waals surface area contributed by atoms with Crippen LogP contribution < -0.4 is 5.32 Å². The summed E-state index contributed by atoms with van der Waals surface area (Å²) in [5.74, 6) is -1.05. The van der Waals surface area contributed by atoms with Gasteiger partial charge < -0.3 is 15.3 Å². The van der Waals surface area contributed by atoms with E-state index in [0.717, 1.165) is 0 Å². The quantitative estimate of drug-likeness (QED) is 0.701. The number of carbonyl (C=O) groups is 2. The van der Waals surface area contributed by atoms with E-state index in [1.54, 1.807) is 13.8 Å². The molecule has 0 heterocycles. The lowest BCUT2D eigenvalue weighted by Gasteiger charge is -2.22. The van der Waals surface area contributed by atoms with Gasteiger partial charge in [0.1, 0.15) is 6.04 Å². The standard InChI is InChI=1S/C10H17N3O3/c1-3-8(9(14)15)12-10(16)13(4-2)7-5-6-11/h8H,3-5,7H2,1-2H3,(H,12,16)(H,14,15)/t8-/m1/s1. The molecule has 0 aromatic heterocycles. The average Bonchev–Trinajstić information content (AvgIpc) is 2.26. The van der Waals surface area contributed by atoms with E-state index in [9.17, 15) is 9.59 Å². The summed E-state index contributed by atoms with van der Waals surface area (Å²) in [5.41, 5.74) is 0. The molecule has 0 rings (SSSR count). The van der Waals surface area contributed by atoms with Crippen molar-refractivity contribution in [2.24, 2.45) is 0 Å². The first kappa shape index (κ1) is 14.2. The van der Waals surface area contributed by atoms with Gasteiger partial charge >= 0.3 is 12.0 Å². The van der Waals surface area contributed by atoms with Crippen LogP contribution in [0.3, 0.4) is 0 Å². The molecule has 90 valence electrons.